The average molecular weight is 454 g/mol. The fourth-order valence-electron chi connectivity index (χ4n) is 3.12. The molecule has 30 heavy (non-hydrogen) atoms. The lowest BCUT2D eigenvalue weighted by atomic mass is 10.1. The number of benzene rings is 2. The van der Waals surface area contributed by atoms with Crippen molar-refractivity contribution in [2.24, 2.45) is 5.73 Å². The molecule has 2 aromatic rings. The second-order valence-electron chi connectivity index (χ2n) is 6.92. The fraction of sp³-hybridized carbons (Fsp3) is 0.300. The number of hydrogen-bond acceptors (Lipinski definition) is 5. The summed E-state index contributed by atoms with van der Waals surface area (Å²) in [6, 6.07) is 10.1. The van der Waals surface area contributed by atoms with Crippen LogP contribution < -0.4 is 10.6 Å². The first kappa shape index (κ1) is 22.2. The predicted octanol–water partition coefficient (Wildman–Crippen LogP) is 2.48. The van der Waals surface area contributed by atoms with Gasteiger partial charge < -0.3 is 10.6 Å². The van der Waals surface area contributed by atoms with Crippen molar-refractivity contribution in [2.45, 2.75) is 6.54 Å². The van der Waals surface area contributed by atoms with Crippen LogP contribution >= 0.6 is 11.6 Å². The zero-order valence-electron chi connectivity index (χ0n) is 16.1. The molecule has 0 aromatic heterocycles. The van der Waals surface area contributed by atoms with Crippen molar-refractivity contribution in [2.75, 3.05) is 36.0 Å². The van der Waals surface area contributed by atoms with Crippen molar-refractivity contribution in [3.63, 3.8) is 0 Å². The Morgan fingerprint density at radius 1 is 1.13 bits per heavy atom. The maximum absolute atomic E-state index is 14.7. The number of nitrogens with two attached hydrogens (primary N) is 1. The number of anilines is 1. The second kappa shape index (κ2) is 9.11. The maximum Gasteiger partial charge on any atom is 0.324 e. The molecule has 160 valence electrons. The van der Waals surface area contributed by atoms with Crippen molar-refractivity contribution in [3.8, 4) is 0 Å². The smallest absolute Gasteiger partial charge is 0.324 e. The molecule has 1 aliphatic heterocycles. The van der Waals surface area contributed by atoms with E-state index in [4.69, 9.17) is 17.3 Å². The molecule has 2 aromatic carbocycles. The Morgan fingerprint density at radius 3 is 2.43 bits per heavy atom. The number of rotatable bonds is 5. The number of urea groups is 1. The third-order valence-electron chi connectivity index (χ3n) is 4.85. The van der Waals surface area contributed by atoms with E-state index in [1.807, 2.05) is 0 Å². The number of sulfone groups is 1. The summed E-state index contributed by atoms with van der Waals surface area (Å²) in [7, 11) is -3.16. The first-order valence-corrected chi connectivity index (χ1v) is 11.4. The summed E-state index contributed by atoms with van der Waals surface area (Å²) >= 11 is 6.07. The Kier molecular flexibility index (Phi) is 6.74. The van der Waals surface area contributed by atoms with Gasteiger partial charge in [0.05, 0.1) is 24.6 Å². The van der Waals surface area contributed by atoms with Crippen LogP contribution in [0.25, 0.3) is 0 Å². The number of hydrogen-bond donors (Lipinski definition) is 1. The molecule has 1 fully saturated rings. The van der Waals surface area contributed by atoms with Crippen molar-refractivity contribution in [1.82, 2.24) is 4.90 Å². The van der Waals surface area contributed by atoms with Crippen LogP contribution in [0, 0.1) is 5.82 Å². The Balaban J connectivity index is 1.91. The van der Waals surface area contributed by atoms with Crippen LogP contribution in [0.3, 0.4) is 0 Å². The highest BCUT2D eigenvalue weighted by Crippen LogP contribution is 2.25. The first-order chi connectivity index (χ1) is 14.2. The summed E-state index contributed by atoms with van der Waals surface area (Å²) in [5.74, 6) is -1.27. The largest absolute Gasteiger partial charge is 0.324 e. The summed E-state index contributed by atoms with van der Waals surface area (Å²) in [6.45, 7) is -0.232. The van der Waals surface area contributed by atoms with E-state index in [1.165, 1.54) is 21.9 Å². The van der Waals surface area contributed by atoms with Crippen LogP contribution in [-0.4, -0.2) is 56.3 Å². The van der Waals surface area contributed by atoms with Crippen molar-refractivity contribution >= 4 is 38.9 Å². The lowest BCUT2D eigenvalue weighted by Crippen LogP contribution is -2.49. The molecule has 2 N–H and O–H groups in total. The Morgan fingerprint density at radius 2 is 1.83 bits per heavy atom. The van der Waals surface area contributed by atoms with Gasteiger partial charge in [-0.25, -0.2) is 17.6 Å². The molecule has 3 rings (SSSR count). The molecule has 2 amide bonds. The summed E-state index contributed by atoms with van der Waals surface area (Å²) < 4.78 is 38.1. The molecule has 1 heterocycles. The number of amides is 2. The molecule has 0 atom stereocenters. The molecule has 10 heteroatoms. The van der Waals surface area contributed by atoms with E-state index >= 15 is 0 Å². The van der Waals surface area contributed by atoms with Crippen LogP contribution in [0.4, 0.5) is 14.9 Å². The van der Waals surface area contributed by atoms with Crippen LogP contribution in [0.15, 0.2) is 42.5 Å². The SMILES string of the molecule is NCC(=O)c1ccc(CN(C(=O)N2CCS(=O)(=O)CC2)c2cccc(Cl)c2)c(F)c1. The van der Waals surface area contributed by atoms with Gasteiger partial charge in [-0.05, 0) is 24.3 Å². The van der Waals surface area contributed by atoms with Gasteiger partial charge in [0.2, 0.25) is 0 Å². The van der Waals surface area contributed by atoms with E-state index in [-0.39, 0.29) is 48.8 Å². The van der Waals surface area contributed by atoms with Gasteiger partial charge in [0.1, 0.15) is 5.82 Å². The van der Waals surface area contributed by atoms with Gasteiger partial charge in [0.15, 0.2) is 15.6 Å². The van der Waals surface area contributed by atoms with E-state index in [0.29, 0.717) is 10.7 Å². The van der Waals surface area contributed by atoms with Crippen molar-refractivity contribution in [1.29, 1.82) is 0 Å². The van der Waals surface area contributed by atoms with E-state index < -0.39 is 27.5 Å². The topological polar surface area (TPSA) is 101 Å². The Hall–Kier alpha value is -2.49. The zero-order valence-corrected chi connectivity index (χ0v) is 17.6. The highest BCUT2D eigenvalue weighted by Gasteiger charge is 2.29. The molecule has 1 aliphatic rings. The highest BCUT2D eigenvalue weighted by atomic mass is 35.5. The lowest BCUT2D eigenvalue weighted by Gasteiger charge is -2.33. The summed E-state index contributed by atoms with van der Waals surface area (Å²) in [4.78, 5) is 27.6. The predicted molar refractivity (Wildman–Crippen MR) is 113 cm³/mol. The first-order valence-electron chi connectivity index (χ1n) is 9.24. The molecule has 7 nitrogen and oxygen atoms in total. The molecule has 0 spiro atoms. The molecule has 0 saturated carbocycles. The molecular formula is C20H21ClFN3O4S. The minimum atomic E-state index is -3.16. The van der Waals surface area contributed by atoms with Gasteiger partial charge in [-0.3, -0.25) is 9.69 Å². The Bertz CT molecular complexity index is 1060. The van der Waals surface area contributed by atoms with Gasteiger partial charge in [0.25, 0.3) is 0 Å². The summed E-state index contributed by atoms with van der Waals surface area (Å²) in [6.07, 6.45) is 0. The maximum atomic E-state index is 14.7. The van der Waals surface area contributed by atoms with Crippen LogP contribution in [0.5, 0.6) is 0 Å². The van der Waals surface area contributed by atoms with Gasteiger partial charge in [0, 0.05) is 34.9 Å². The molecule has 0 aliphatic carbocycles. The van der Waals surface area contributed by atoms with Gasteiger partial charge >= 0.3 is 6.03 Å². The molecular weight excluding hydrogens is 433 g/mol. The average Bonchev–Trinajstić information content (AvgIpc) is 2.71. The second-order valence-corrected chi connectivity index (χ2v) is 9.66. The van der Waals surface area contributed by atoms with E-state index in [2.05, 4.69) is 0 Å². The molecule has 0 bridgehead atoms. The zero-order chi connectivity index (χ0) is 21.9. The summed E-state index contributed by atoms with van der Waals surface area (Å²) in [5.41, 5.74) is 6.11. The minimum Gasteiger partial charge on any atom is -0.324 e. The number of carbonyl (C=O) groups excluding carboxylic acids is 2. The number of carbonyl (C=O) groups is 2. The number of Topliss-reactive ketones (excluding diaryl/α,β-unsaturated/α-hetero) is 1. The third kappa shape index (κ3) is 5.16. The summed E-state index contributed by atoms with van der Waals surface area (Å²) in [5, 5.41) is 0.399. The quantitative estimate of drug-likeness (QED) is 0.701. The highest BCUT2D eigenvalue weighted by molar-refractivity contribution is 7.91. The monoisotopic (exact) mass is 453 g/mol. The Labute approximate surface area is 179 Å². The van der Waals surface area contributed by atoms with Crippen LogP contribution in [-0.2, 0) is 16.4 Å². The number of halogens is 2. The van der Waals surface area contributed by atoms with Gasteiger partial charge in [-0.2, -0.15) is 0 Å². The molecule has 0 radical (unpaired) electrons. The third-order valence-corrected chi connectivity index (χ3v) is 6.70. The fourth-order valence-corrected chi connectivity index (χ4v) is 4.51. The van der Waals surface area contributed by atoms with Crippen LogP contribution in [0.2, 0.25) is 5.02 Å². The van der Waals surface area contributed by atoms with E-state index in [1.54, 1.807) is 24.3 Å². The van der Waals surface area contributed by atoms with Gasteiger partial charge in [-0.1, -0.05) is 29.8 Å². The minimum absolute atomic E-state index is 0.0602. The van der Waals surface area contributed by atoms with Crippen molar-refractivity contribution < 1.29 is 22.4 Å². The van der Waals surface area contributed by atoms with Gasteiger partial charge in [-0.15, -0.1) is 0 Å². The lowest BCUT2D eigenvalue weighted by molar-refractivity contribution is 0.100. The van der Waals surface area contributed by atoms with E-state index in [9.17, 15) is 22.4 Å². The molecule has 0 unspecified atom stereocenters. The molecule has 1 saturated heterocycles. The normalized spacial score (nSPS) is 15.6. The number of nitrogens with zero attached hydrogens (tertiary/aromatic N) is 2. The standard InChI is InChI=1S/C20H21ClFN3O4S/c21-16-2-1-3-17(11-16)25(20(27)24-6-8-30(28,29)9-7-24)13-15-5-4-14(10-18(15)22)19(26)12-23/h1-5,10-11H,6-9,12-13,23H2. The number of ketones is 1. The van der Waals surface area contributed by atoms with Crippen molar-refractivity contribution in [3.05, 3.63) is 64.4 Å². The van der Waals surface area contributed by atoms with Crippen LogP contribution in [0.1, 0.15) is 15.9 Å². The van der Waals surface area contributed by atoms with E-state index in [0.717, 1.165) is 6.07 Å².